The van der Waals surface area contributed by atoms with E-state index in [9.17, 15) is 14.7 Å². The summed E-state index contributed by atoms with van der Waals surface area (Å²) in [5.41, 5.74) is 1.06. The van der Waals surface area contributed by atoms with Crippen LogP contribution in [-0.4, -0.2) is 34.5 Å². The van der Waals surface area contributed by atoms with E-state index in [1.54, 1.807) is 4.90 Å². The molecule has 1 aromatic carbocycles. The number of benzene rings is 1. The van der Waals surface area contributed by atoms with Crippen LogP contribution >= 0.6 is 34.5 Å². The van der Waals surface area contributed by atoms with Gasteiger partial charge in [-0.3, -0.25) is 9.59 Å². The molecule has 1 aliphatic heterocycles. The Balaban J connectivity index is 1.80. The lowest BCUT2D eigenvalue weighted by atomic mass is 9.75. The Labute approximate surface area is 178 Å². The lowest BCUT2D eigenvalue weighted by Crippen LogP contribution is -2.52. The van der Waals surface area contributed by atoms with Gasteiger partial charge in [-0.1, -0.05) is 35.3 Å². The number of thiophene rings is 1. The number of piperidine rings is 1. The van der Waals surface area contributed by atoms with Crippen molar-refractivity contribution in [3.8, 4) is 0 Å². The van der Waals surface area contributed by atoms with E-state index in [1.165, 1.54) is 11.3 Å². The zero-order valence-corrected chi connectivity index (χ0v) is 17.5. The quantitative estimate of drug-likeness (QED) is 0.656. The number of nitrogens with zero attached hydrogens (tertiary/aromatic N) is 1. The van der Waals surface area contributed by atoms with Gasteiger partial charge in [0.15, 0.2) is 0 Å². The SMILES string of the molecule is O=C(O)CN1C(=O)CCC(c2cccc(Cl)c2)C1C(c1ccc(Cl)s1)C1CC1. The fourth-order valence-electron chi connectivity index (χ4n) is 4.50. The van der Waals surface area contributed by atoms with Gasteiger partial charge in [0.1, 0.15) is 6.54 Å². The lowest BCUT2D eigenvalue weighted by molar-refractivity contribution is -0.149. The van der Waals surface area contributed by atoms with Crippen molar-refractivity contribution in [1.82, 2.24) is 4.90 Å². The fourth-order valence-corrected chi connectivity index (χ4v) is 6.00. The molecule has 4 nitrogen and oxygen atoms in total. The van der Waals surface area contributed by atoms with Crippen LogP contribution in [0.25, 0.3) is 0 Å². The normalized spacial score (nSPS) is 23.6. The summed E-state index contributed by atoms with van der Waals surface area (Å²) >= 11 is 14.0. The number of carbonyl (C=O) groups excluding carboxylic acids is 1. The van der Waals surface area contributed by atoms with Crippen LogP contribution in [0.5, 0.6) is 0 Å². The van der Waals surface area contributed by atoms with Crippen LogP contribution < -0.4 is 0 Å². The van der Waals surface area contributed by atoms with Crippen LogP contribution in [0.15, 0.2) is 36.4 Å². The minimum absolute atomic E-state index is 0.0437. The van der Waals surface area contributed by atoms with Crippen molar-refractivity contribution in [1.29, 1.82) is 0 Å². The smallest absolute Gasteiger partial charge is 0.323 e. The third kappa shape index (κ3) is 4.07. The molecule has 2 fully saturated rings. The van der Waals surface area contributed by atoms with E-state index in [0.29, 0.717) is 28.1 Å². The summed E-state index contributed by atoms with van der Waals surface area (Å²) in [4.78, 5) is 27.1. The Hall–Kier alpha value is -1.56. The molecule has 1 amide bonds. The Kier molecular flexibility index (Phi) is 5.68. The van der Waals surface area contributed by atoms with Gasteiger partial charge in [0.25, 0.3) is 0 Å². The molecule has 0 spiro atoms. The van der Waals surface area contributed by atoms with Crippen LogP contribution in [0.2, 0.25) is 9.36 Å². The van der Waals surface area contributed by atoms with Gasteiger partial charge in [-0.2, -0.15) is 0 Å². The van der Waals surface area contributed by atoms with Crippen molar-refractivity contribution in [2.75, 3.05) is 6.54 Å². The maximum Gasteiger partial charge on any atom is 0.323 e. The highest BCUT2D eigenvalue weighted by Gasteiger charge is 2.48. The predicted molar refractivity (Wildman–Crippen MR) is 111 cm³/mol. The van der Waals surface area contributed by atoms with E-state index >= 15 is 0 Å². The molecule has 2 heterocycles. The van der Waals surface area contributed by atoms with Crippen molar-refractivity contribution in [2.45, 2.75) is 43.6 Å². The molecule has 4 rings (SSSR count). The van der Waals surface area contributed by atoms with Gasteiger partial charge in [-0.15, -0.1) is 11.3 Å². The first-order valence-electron chi connectivity index (χ1n) is 9.46. The number of carbonyl (C=O) groups is 2. The molecule has 0 bridgehead atoms. The largest absolute Gasteiger partial charge is 0.480 e. The second kappa shape index (κ2) is 8.05. The van der Waals surface area contributed by atoms with E-state index < -0.39 is 5.97 Å². The average molecular weight is 438 g/mol. The molecule has 2 aromatic rings. The Morgan fingerprint density at radius 1 is 1.21 bits per heavy atom. The number of aliphatic carboxylic acids is 1. The topological polar surface area (TPSA) is 57.6 Å². The van der Waals surface area contributed by atoms with E-state index in [0.717, 1.165) is 23.3 Å². The molecule has 1 N–H and O–H groups in total. The summed E-state index contributed by atoms with van der Waals surface area (Å²) in [5, 5.41) is 10.1. The van der Waals surface area contributed by atoms with Crippen molar-refractivity contribution >= 4 is 46.4 Å². The first kappa shape index (κ1) is 19.7. The fraction of sp³-hybridized carbons (Fsp3) is 0.429. The summed E-state index contributed by atoms with van der Waals surface area (Å²) < 4.78 is 0.715. The number of hydrogen-bond donors (Lipinski definition) is 1. The first-order chi connectivity index (χ1) is 13.4. The zero-order chi connectivity index (χ0) is 19.8. The maximum atomic E-state index is 12.8. The molecule has 1 aromatic heterocycles. The third-order valence-corrected chi connectivity index (χ3v) is 7.33. The molecule has 1 aliphatic carbocycles. The third-order valence-electron chi connectivity index (χ3n) is 5.76. The van der Waals surface area contributed by atoms with Crippen LogP contribution in [-0.2, 0) is 9.59 Å². The lowest BCUT2D eigenvalue weighted by Gasteiger charge is -2.45. The second-order valence-corrected chi connectivity index (χ2v) is 9.79. The van der Waals surface area contributed by atoms with E-state index in [4.69, 9.17) is 23.2 Å². The van der Waals surface area contributed by atoms with E-state index in [1.807, 2.05) is 36.4 Å². The van der Waals surface area contributed by atoms with Crippen LogP contribution in [0, 0.1) is 5.92 Å². The van der Waals surface area contributed by atoms with Gasteiger partial charge >= 0.3 is 5.97 Å². The number of halogens is 2. The minimum Gasteiger partial charge on any atom is -0.480 e. The van der Waals surface area contributed by atoms with Crippen LogP contribution in [0.4, 0.5) is 0 Å². The highest BCUT2D eigenvalue weighted by Crippen LogP contribution is 2.52. The second-order valence-electron chi connectivity index (χ2n) is 7.61. The molecule has 28 heavy (non-hydrogen) atoms. The van der Waals surface area contributed by atoms with Crippen molar-refractivity contribution in [3.05, 3.63) is 56.2 Å². The van der Waals surface area contributed by atoms with Gasteiger partial charge < -0.3 is 10.0 Å². The first-order valence-corrected chi connectivity index (χ1v) is 11.0. The molecular weight excluding hydrogens is 417 g/mol. The monoisotopic (exact) mass is 437 g/mol. The van der Waals surface area contributed by atoms with E-state index in [2.05, 4.69) is 0 Å². The average Bonchev–Trinajstić information content (AvgIpc) is 3.38. The summed E-state index contributed by atoms with van der Waals surface area (Å²) in [6.07, 6.45) is 3.23. The van der Waals surface area contributed by atoms with Gasteiger partial charge in [0, 0.05) is 34.2 Å². The molecule has 1 saturated heterocycles. The molecular formula is C21H21Cl2NO3S. The Morgan fingerprint density at radius 2 is 2.00 bits per heavy atom. The molecule has 0 radical (unpaired) electrons. The number of carboxylic acids is 1. The zero-order valence-electron chi connectivity index (χ0n) is 15.2. The maximum absolute atomic E-state index is 12.8. The summed E-state index contributed by atoms with van der Waals surface area (Å²) in [6.45, 7) is -0.275. The van der Waals surface area contributed by atoms with E-state index in [-0.39, 0.29) is 30.3 Å². The van der Waals surface area contributed by atoms with Crippen molar-refractivity contribution in [3.63, 3.8) is 0 Å². The number of hydrogen-bond acceptors (Lipinski definition) is 3. The number of amides is 1. The summed E-state index contributed by atoms with van der Waals surface area (Å²) in [6, 6.07) is 11.4. The molecule has 2 aliphatic rings. The van der Waals surface area contributed by atoms with Crippen molar-refractivity contribution in [2.24, 2.45) is 5.92 Å². The van der Waals surface area contributed by atoms with Gasteiger partial charge in [0.2, 0.25) is 5.91 Å². The van der Waals surface area contributed by atoms with Gasteiger partial charge in [-0.25, -0.2) is 0 Å². The highest BCUT2D eigenvalue weighted by molar-refractivity contribution is 7.16. The van der Waals surface area contributed by atoms with Crippen LogP contribution in [0.3, 0.4) is 0 Å². The number of carboxylic acid groups (broad SMARTS) is 1. The minimum atomic E-state index is -0.983. The summed E-state index contributed by atoms with van der Waals surface area (Å²) in [5.74, 6) is -0.487. The van der Waals surface area contributed by atoms with Gasteiger partial charge in [0.05, 0.1) is 4.34 Å². The Morgan fingerprint density at radius 3 is 2.61 bits per heavy atom. The predicted octanol–water partition coefficient (Wildman–Crippen LogP) is 5.41. The Bertz CT molecular complexity index is 895. The van der Waals surface area contributed by atoms with Crippen molar-refractivity contribution < 1.29 is 14.7 Å². The van der Waals surface area contributed by atoms with Crippen LogP contribution in [0.1, 0.15) is 48.0 Å². The standard InChI is InChI=1S/C21H21Cl2NO3S/c22-14-3-1-2-13(10-14)15-6-9-18(25)24(11-19(26)27)21(15)20(12-4-5-12)16-7-8-17(23)28-16/h1-3,7-8,10,12,15,20-21H,4-6,9,11H2,(H,26,27). The summed E-state index contributed by atoms with van der Waals surface area (Å²) in [7, 11) is 0. The molecule has 148 valence electrons. The number of rotatable bonds is 6. The number of likely N-dealkylation sites (tertiary alicyclic amines) is 1. The molecule has 7 heteroatoms. The molecule has 3 atom stereocenters. The highest BCUT2D eigenvalue weighted by atomic mass is 35.5. The molecule has 1 saturated carbocycles. The van der Waals surface area contributed by atoms with Gasteiger partial charge in [-0.05, 0) is 55.0 Å². The molecule has 3 unspecified atom stereocenters.